The molecule has 1 aliphatic heterocycles. The predicted molar refractivity (Wildman–Crippen MR) is 83.0 cm³/mol. The zero-order valence-corrected chi connectivity index (χ0v) is 14.3. The molecular formula is C15H18N2O9. The second-order valence-electron chi connectivity index (χ2n) is 5.53. The van der Waals surface area contributed by atoms with E-state index in [1.165, 1.54) is 6.92 Å². The van der Waals surface area contributed by atoms with Gasteiger partial charge in [0, 0.05) is 33.0 Å². The lowest BCUT2D eigenvalue weighted by Crippen LogP contribution is -2.42. The number of nitrogens with zero attached hydrogens (tertiary/aromatic N) is 1. The monoisotopic (exact) mass is 370 g/mol. The van der Waals surface area contributed by atoms with Crippen LogP contribution in [0, 0.1) is 0 Å². The Hall–Kier alpha value is -2.95. The maximum Gasteiger partial charge on any atom is 0.330 e. The summed E-state index contributed by atoms with van der Waals surface area (Å²) in [6, 6.07) is 1.08. The fraction of sp³-hybridized carbons (Fsp3) is 0.533. The van der Waals surface area contributed by atoms with Gasteiger partial charge < -0.3 is 18.9 Å². The molecule has 2 heterocycles. The summed E-state index contributed by atoms with van der Waals surface area (Å²) in [4.78, 5) is 59.3. The minimum atomic E-state index is -1.20. The summed E-state index contributed by atoms with van der Waals surface area (Å²) in [7, 11) is 0. The Morgan fingerprint density at radius 3 is 2.23 bits per heavy atom. The van der Waals surface area contributed by atoms with Gasteiger partial charge in [0.15, 0.2) is 18.4 Å². The van der Waals surface area contributed by atoms with Gasteiger partial charge in [-0.2, -0.15) is 0 Å². The van der Waals surface area contributed by atoms with Crippen molar-refractivity contribution in [1.29, 1.82) is 0 Å². The van der Waals surface area contributed by atoms with Crippen molar-refractivity contribution in [3.05, 3.63) is 33.1 Å². The fourth-order valence-corrected chi connectivity index (χ4v) is 2.54. The highest BCUT2D eigenvalue weighted by Gasteiger charge is 2.50. The number of esters is 3. The van der Waals surface area contributed by atoms with E-state index < -0.39 is 53.7 Å². The van der Waals surface area contributed by atoms with E-state index in [0.29, 0.717) is 0 Å². The number of carbonyl (C=O) groups is 3. The van der Waals surface area contributed by atoms with Crippen LogP contribution < -0.4 is 11.2 Å². The van der Waals surface area contributed by atoms with Gasteiger partial charge >= 0.3 is 23.6 Å². The first-order chi connectivity index (χ1) is 12.2. The quantitative estimate of drug-likeness (QED) is 0.502. The van der Waals surface area contributed by atoms with Gasteiger partial charge in [-0.05, 0) is 0 Å². The molecular weight excluding hydrogens is 352 g/mol. The first kappa shape index (κ1) is 19.4. The third-order valence-corrected chi connectivity index (χ3v) is 3.47. The van der Waals surface area contributed by atoms with Gasteiger partial charge in [0.05, 0.1) is 0 Å². The molecule has 0 bridgehead atoms. The van der Waals surface area contributed by atoms with E-state index in [4.69, 9.17) is 18.9 Å². The van der Waals surface area contributed by atoms with Crippen molar-refractivity contribution in [1.82, 2.24) is 9.55 Å². The van der Waals surface area contributed by atoms with Gasteiger partial charge in [-0.1, -0.05) is 0 Å². The number of H-pyrrole nitrogens is 1. The van der Waals surface area contributed by atoms with Gasteiger partial charge in [0.1, 0.15) is 12.7 Å². The smallest absolute Gasteiger partial charge is 0.330 e. The van der Waals surface area contributed by atoms with Crippen LogP contribution in [0.5, 0.6) is 0 Å². The van der Waals surface area contributed by atoms with Crippen molar-refractivity contribution in [3.63, 3.8) is 0 Å². The molecule has 2 rings (SSSR count). The largest absolute Gasteiger partial charge is 0.463 e. The van der Waals surface area contributed by atoms with E-state index in [-0.39, 0.29) is 6.61 Å². The maximum atomic E-state index is 12.1. The van der Waals surface area contributed by atoms with Crippen LogP contribution in [0.25, 0.3) is 0 Å². The van der Waals surface area contributed by atoms with Crippen LogP contribution in [0.2, 0.25) is 0 Å². The van der Waals surface area contributed by atoms with Crippen molar-refractivity contribution in [2.45, 2.75) is 45.3 Å². The molecule has 0 amide bonds. The number of aromatic amines is 1. The van der Waals surface area contributed by atoms with Crippen LogP contribution >= 0.6 is 0 Å². The molecule has 1 aromatic heterocycles. The average molecular weight is 370 g/mol. The van der Waals surface area contributed by atoms with Gasteiger partial charge in [-0.25, -0.2) is 4.79 Å². The van der Waals surface area contributed by atoms with Crippen LogP contribution in [-0.4, -0.2) is 52.4 Å². The molecule has 142 valence electrons. The van der Waals surface area contributed by atoms with E-state index in [1.807, 2.05) is 4.98 Å². The van der Waals surface area contributed by atoms with E-state index in [1.54, 1.807) is 0 Å². The number of aromatic nitrogens is 2. The molecule has 0 unspecified atom stereocenters. The molecule has 11 nitrogen and oxygen atoms in total. The number of carbonyl (C=O) groups excluding carboxylic acids is 3. The molecule has 0 aromatic carbocycles. The minimum absolute atomic E-state index is 0.292. The molecule has 1 aromatic rings. The van der Waals surface area contributed by atoms with Crippen LogP contribution in [0.1, 0.15) is 27.0 Å². The number of nitrogens with one attached hydrogen (secondary N) is 1. The second kappa shape index (κ2) is 7.95. The van der Waals surface area contributed by atoms with Crippen molar-refractivity contribution in [3.8, 4) is 0 Å². The fourth-order valence-electron chi connectivity index (χ4n) is 2.54. The lowest BCUT2D eigenvalue weighted by atomic mass is 10.1. The molecule has 1 fully saturated rings. The van der Waals surface area contributed by atoms with Crippen LogP contribution in [-0.2, 0) is 33.3 Å². The van der Waals surface area contributed by atoms with Crippen molar-refractivity contribution >= 4 is 17.9 Å². The maximum absolute atomic E-state index is 12.1. The first-order valence-electron chi connectivity index (χ1n) is 7.63. The summed E-state index contributed by atoms with van der Waals surface area (Å²) in [5.41, 5.74) is -1.43. The van der Waals surface area contributed by atoms with Gasteiger partial charge in [-0.3, -0.25) is 28.7 Å². The summed E-state index contributed by atoms with van der Waals surface area (Å²) in [6.45, 7) is 3.17. The number of rotatable bonds is 5. The van der Waals surface area contributed by atoms with Crippen LogP contribution in [0.15, 0.2) is 21.9 Å². The molecule has 1 aliphatic rings. The minimum Gasteiger partial charge on any atom is -0.463 e. The zero-order valence-electron chi connectivity index (χ0n) is 14.3. The molecule has 11 heteroatoms. The van der Waals surface area contributed by atoms with Crippen molar-refractivity contribution in [2.75, 3.05) is 6.61 Å². The Morgan fingerprint density at radius 2 is 1.69 bits per heavy atom. The Balaban J connectivity index is 2.41. The molecule has 26 heavy (non-hydrogen) atoms. The average Bonchev–Trinajstić information content (AvgIpc) is 2.82. The summed E-state index contributed by atoms with van der Waals surface area (Å²) in [5, 5.41) is 0. The summed E-state index contributed by atoms with van der Waals surface area (Å²) in [6.07, 6.45) is -3.36. The van der Waals surface area contributed by atoms with E-state index >= 15 is 0 Å². The first-order valence-corrected chi connectivity index (χ1v) is 7.63. The van der Waals surface area contributed by atoms with Crippen LogP contribution in [0.4, 0.5) is 0 Å². The summed E-state index contributed by atoms with van der Waals surface area (Å²) in [5.74, 6) is -1.98. The van der Waals surface area contributed by atoms with E-state index in [9.17, 15) is 24.0 Å². The Bertz CT molecular complexity index is 812. The Labute approximate surface area is 146 Å². The molecule has 0 aliphatic carbocycles. The lowest BCUT2D eigenvalue weighted by molar-refractivity contribution is -0.166. The molecule has 1 N–H and O–H groups in total. The third kappa shape index (κ3) is 4.57. The van der Waals surface area contributed by atoms with E-state index in [2.05, 4.69) is 0 Å². The molecule has 0 saturated carbocycles. The highest BCUT2D eigenvalue weighted by molar-refractivity contribution is 5.67. The molecule has 4 atom stereocenters. The molecule has 0 radical (unpaired) electrons. The normalized spacial score (nSPS) is 24.7. The Morgan fingerprint density at radius 1 is 1.08 bits per heavy atom. The number of hydrogen-bond acceptors (Lipinski definition) is 9. The van der Waals surface area contributed by atoms with Gasteiger partial charge in [0.2, 0.25) is 0 Å². The summed E-state index contributed by atoms with van der Waals surface area (Å²) < 4.78 is 21.9. The topological polar surface area (TPSA) is 143 Å². The standard InChI is InChI=1S/C15H18N2O9/c1-7(18)23-6-10-12(24-8(2)19)13(25-9(3)20)14(26-10)17-5-4-11(21)16-15(17)22/h4-5,10,12-14H,6H2,1-3H3,(H,16,21,22)/t10-,12+,13-,14-/m0/s1. The third-order valence-electron chi connectivity index (χ3n) is 3.47. The number of hydrogen-bond donors (Lipinski definition) is 1. The highest BCUT2D eigenvalue weighted by atomic mass is 16.7. The lowest BCUT2D eigenvalue weighted by Gasteiger charge is -2.23. The van der Waals surface area contributed by atoms with Gasteiger partial charge in [-0.15, -0.1) is 0 Å². The summed E-state index contributed by atoms with van der Waals surface area (Å²) >= 11 is 0. The van der Waals surface area contributed by atoms with Crippen molar-refractivity contribution < 1.29 is 33.3 Å². The number of ether oxygens (including phenoxy) is 4. The molecule has 0 spiro atoms. The van der Waals surface area contributed by atoms with Gasteiger partial charge in [0.25, 0.3) is 5.56 Å². The second-order valence-corrected chi connectivity index (χ2v) is 5.53. The SMILES string of the molecule is CC(=O)OC[C@@H]1O[C@H](n2ccc(=O)[nH]c2=O)[C@@H](OC(C)=O)[C@@H]1OC(C)=O. The molecule has 1 saturated heterocycles. The van der Waals surface area contributed by atoms with Crippen LogP contribution in [0.3, 0.4) is 0 Å². The Kier molecular flexibility index (Phi) is 5.93. The predicted octanol–water partition coefficient (Wildman–Crippen LogP) is -1.14. The van der Waals surface area contributed by atoms with Crippen molar-refractivity contribution in [2.24, 2.45) is 0 Å². The van der Waals surface area contributed by atoms with E-state index in [0.717, 1.165) is 30.7 Å². The zero-order chi connectivity index (χ0) is 19.4. The highest BCUT2D eigenvalue weighted by Crippen LogP contribution is 2.33.